The van der Waals surface area contributed by atoms with Crippen molar-refractivity contribution in [2.75, 3.05) is 31.6 Å². The highest BCUT2D eigenvalue weighted by Gasteiger charge is 2.25. The van der Waals surface area contributed by atoms with Crippen LogP contribution < -0.4 is 9.64 Å². The van der Waals surface area contributed by atoms with Gasteiger partial charge in [0.15, 0.2) is 0 Å². The van der Waals surface area contributed by atoms with E-state index in [-0.39, 0.29) is 12.5 Å². The van der Waals surface area contributed by atoms with Gasteiger partial charge in [-0.15, -0.1) is 0 Å². The van der Waals surface area contributed by atoms with Gasteiger partial charge in [0.1, 0.15) is 12.3 Å². The van der Waals surface area contributed by atoms with Gasteiger partial charge < -0.3 is 14.5 Å². The Kier molecular flexibility index (Phi) is 5.14. The lowest BCUT2D eigenvalue weighted by atomic mass is 10.2. The third-order valence-electron chi connectivity index (χ3n) is 4.73. The Hall–Kier alpha value is -3.48. The van der Waals surface area contributed by atoms with Crippen LogP contribution in [0.5, 0.6) is 5.75 Å². The minimum atomic E-state index is 0.0620. The van der Waals surface area contributed by atoms with E-state index >= 15 is 0 Å². The van der Waals surface area contributed by atoms with E-state index in [0.29, 0.717) is 25.6 Å². The SMILES string of the molecule is COc1cccc(CN2CCN(c3nccc(-c4ccncc4)n3)CC2=O)c1. The van der Waals surface area contributed by atoms with Gasteiger partial charge in [-0.05, 0) is 35.9 Å². The van der Waals surface area contributed by atoms with Crippen LogP contribution in [0.2, 0.25) is 0 Å². The summed E-state index contributed by atoms with van der Waals surface area (Å²) in [6.45, 7) is 2.15. The van der Waals surface area contributed by atoms with Gasteiger partial charge in [-0.2, -0.15) is 0 Å². The van der Waals surface area contributed by atoms with E-state index in [4.69, 9.17) is 4.74 Å². The maximum Gasteiger partial charge on any atom is 0.242 e. The highest BCUT2D eigenvalue weighted by atomic mass is 16.5. The maximum atomic E-state index is 12.7. The molecule has 0 saturated carbocycles. The quantitative estimate of drug-likeness (QED) is 0.682. The van der Waals surface area contributed by atoms with Crippen LogP contribution in [0.4, 0.5) is 5.95 Å². The summed E-state index contributed by atoms with van der Waals surface area (Å²) in [6.07, 6.45) is 5.20. The van der Waals surface area contributed by atoms with Crippen LogP contribution in [0.15, 0.2) is 61.1 Å². The second-order valence-corrected chi connectivity index (χ2v) is 6.57. The fourth-order valence-electron chi connectivity index (χ4n) is 3.22. The standard InChI is InChI=1S/C21H21N5O2/c1-28-18-4-2-3-16(13-18)14-25-11-12-26(15-20(25)27)21-23-10-7-19(24-21)17-5-8-22-9-6-17/h2-10,13H,11-12,14-15H2,1H3. The number of rotatable bonds is 5. The average molecular weight is 375 g/mol. The second-order valence-electron chi connectivity index (χ2n) is 6.57. The minimum Gasteiger partial charge on any atom is -0.497 e. The molecule has 7 nitrogen and oxygen atoms in total. The van der Waals surface area contributed by atoms with Gasteiger partial charge in [0.05, 0.1) is 12.8 Å². The molecule has 4 rings (SSSR count). The zero-order chi connectivity index (χ0) is 19.3. The Morgan fingerprint density at radius 2 is 1.93 bits per heavy atom. The topological polar surface area (TPSA) is 71.5 Å². The number of nitrogens with zero attached hydrogens (tertiary/aromatic N) is 5. The Labute approximate surface area is 163 Å². The normalized spacial score (nSPS) is 14.2. The molecule has 0 bridgehead atoms. The molecular formula is C21H21N5O2. The highest BCUT2D eigenvalue weighted by molar-refractivity contribution is 5.82. The monoisotopic (exact) mass is 375 g/mol. The first-order valence-corrected chi connectivity index (χ1v) is 9.12. The molecule has 1 saturated heterocycles. The zero-order valence-corrected chi connectivity index (χ0v) is 15.7. The number of anilines is 1. The summed E-state index contributed by atoms with van der Waals surface area (Å²) in [5.41, 5.74) is 2.84. The molecule has 28 heavy (non-hydrogen) atoms. The zero-order valence-electron chi connectivity index (χ0n) is 15.7. The molecule has 0 radical (unpaired) electrons. The lowest BCUT2D eigenvalue weighted by Gasteiger charge is -2.34. The number of amides is 1. The number of piperazine rings is 1. The highest BCUT2D eigenvalue weighted by Crippen LogP contribution is 2.20. The molecule has 1 fully saturated rings. The van der Waals surface area contributed by atoms with E-state index in [2.05, 4.69) is 15.0 Å². The van der Waals surface area contributed by atoms with Gasteiger partial charge in [-0.1, -0.05) is 12.1 Å². The van der Waals surface area contributed by atoms with Gasteiger partial charge in [0.25, 0.3) is 0 Å². The number of aromatic nitrogens is 3. The maximum absolute atomic E-state index is 12.7. The largest absolute Gasteiger partial charge is 0.497 e. The van der Waals surface area contributed by atoms with Crippen LogP contribution in [0.25, 0.3) is 11.3 Å². The predicted molar refractivity (Wildman–Crippen MR) is 106 cm³/mol. The Balaban J connectivity index is 1.45. The Morgan fingerprint density at radius 1 is 1.07 bits per heavy atom. The van der Waals surface area contributed by atoms with Crippen molar-refractivity contribution >= 4 is 11.9 Å². The number of pyridine rings is 1. The average Bonchev–Trinajstić information content (AvgIpc) is 2.76. The number of ether oxygens (including phenoxy) is 1. The number of carbonyl (C=O) groups excluding carboxylic acids is 1. The fraction of sp³-hybridized carbons (Fsp3) is 0.238. The van der Waals surface area contributed by atoms with Crippen LogP contribution in [0.3, 0.4) is 0 Å². The summed E-state index contributed by atoms with van der Waals surface area (Å²) < 4.78 is 5.26. The van der Waals surface area contributed by atoms with Crippen LogP contribution in [0, 0.1) is 0 Å². The third-order valence-corrected chi connectivity index (χ3v) is 4.73. The van der Waals surface area contributed by atoms with Crippen LogP contribution in [0.1, 0.15) is 5.56 Å². The van der Waals surface area contributed by atoms with Crippen molar-refractivity contribution < 1.29 is 9.53 Å². The van der Waals surface area contributed by atoms with Crippen molar-refractivity contribution in [3.8, 4) is 17.0 Å². The summed E-state index contributed by atoms with van der Waals surface area (Å²) in [5, 5.41) is 0. The van der Waals surface area contributed by atoms with Gasteiger partial charge in [0.2, 0.25) is 11.9 Å². The number of methoxy groups -OCH3 is 1. The summed E-state index contributed by atoms with van der Waals surface area (Å²) in [7, 11) is 1.64. The fourth-order valence-corrected chi connectivity index (χ4v) is 3.22. The van der Waals surface area contributed by atoms with Crippen molar-refractivity contribution in [3.05, 3.63) is 66.6 Å². The van der Waals surface area contributed by atoms with Crippen molar-refractivity contribution in [2.24, 2.45) is 0 Å². The lowest BCUT2D eigenvalue weighted by Crippen LogP contribution is -2.50. The predicted octanol–water partition coefficient (Wildman–Crippen LogP) is 2.40. The second kappa shape index (κ2) is 8.04. The molecule has 1 aromatic carbocycles. The van der Waals surface area contributed by atoms with Crippen molar-refractivity contribution in [1.82, 2.24) is 19.9 Å². The number of benzene rings is 1. The van der Waals surface area contributed by atoms with E-state index in [1.54, 1.807) is 25.7 Å². The lowest BCUT2D eigenvalue weighted by molar-refractivity contribution is -0.131. The molecule has 142 valence electrons. The van der Waals surface area contributed by atoms with Crippen LogP contribution in [-0.4, -0.2) is 52.5 Å². The summed E-state index contributed by atoms with van der Waals surface area (Å²) >= 11 is 0. The Bertz CT molecular complexity index is 964. The first kappa shape index (κ1) is 17.9. The number of hydrogen-bond acceptors (Lipinski definition) is 6. The molecular weight excluding hydrogens is 354 g/mol. The molecule has 1 amide bonds. The van der Waals surface area contributed by atoms with E-state index in [1.807, 2.05) is 52.3 Å². The number of hydrogen-bond donors (Lipinski definition) is 0. The first-order valence-electron chi connectivity index (χ1n) is 9.12. The van der Waals surface area contributed by atoms with E-state index in [9.17, 15) is 4.79 Å². The molecule has 0 unspecified atom stereocenters. The third kappa shape index (κ3) is 3.93. The molecule has 3 aromatic rings. The van der Waals surface area contributed by atoms with Gasteiger partial charge >= 0.3 is 0 Å². The van der Waals surface area contributed by atoms with Gasteiger partial charge in [-0.3, -0.25) is 9.78 Å². The van der Waals surface area contributed by atoms with Crippen molar-refractivity contribution in [2.45, 2.75) is 6.54 Å². The molecule has 1 aliphatic heterocycles. The molecule has 0 aliphatic carbocycles. The van der Waals surface area contributed by atoms with E-state index in [0.717, 1.165) is 22.6 Å². The van der Waals surface area contributed by atoms with Crippen LogP contribution >= 0.6 is 0 Å². The summed E-state index contributed by atoms with van der Waals surface area (Å²) in [5.74, 6) is 1.43. The Morgan fingerprint density at radius 3 is 2.71 bits per heavy atom. The molecule has 2 aromatic heterocycles. The first-order chi connectivity index (χ1) is 13.7. The molecule has 1 aliphatic rings. The van der Waals surface area contributed by atoms with E-state index in [1.165, 1.54) is 0 Å². The van der Waals surface area contributed by atoms with Gasteiger partial charge in [-0.25, -0.2) is 9.97 Å². The molecule has 0 N–H and O–H groups in total. The van der Waals surface area contributed by atoms with E-state index < -0.39 is 0 Å². The van der Waals surface area contributed by atoms with Crippen molar-refractivity contribution in [3.63, 3.8) is 0 Å². The summed E-state index contributed by atoms with van der Waals surface area (Å²) in [6, 6.07) is 13.5. The minimum absolute atomic E-state index is 0.0620. The smallest absolute Gasteiger partial charge is 0.242 e. The van der Waals surface area contributed by atoms with Crippen molar-refractivity contribution in [1.29, 1.82) is 0 Å². The molecule has 0 spiro atoms. The summed E-state index contributed by atoms with van der Waals surface area (Å²) in [4.78, 5) is 29.5. The number of carbonyl (C=O) groups is 1. The van der Waals surface area contributed by atoms with Gasteiger partial charge in [0, 0.05) is 43.8 Å². The molecule has 3 heterocycles. The molecule has 0 atom stereocenters. The molecule has 7 heteroatoms. The van der Waals surface area contributed by atoms with Crippen LogP contribution in [-0.2, 0) is 11.3 Å².